The number of hydrogen-bond acceptors (Lipinski definition) is 3. The van der Waals surface area contributed by atoms with E-state index in [1.807, 2.05) is 73.5 Å². The third-order valence-electron chi connectivity index (χ3n) is 5.47. The van der Waals surface area contributed by atoms with E-state index < -0.39 is 0 Å². The number of likely N-dealkylation sites (tertiary alicyclic amines) is 1. The van der Waals surface area contributed by atoms with Crippen molar-refractivity contribution < 1.29 is 14.3 Å². The molecule has 1 saturated heterocycles. The summed E-state index contributed by atoms with van der Waals surface area (Å²) in [5, 5.41) is 0. The van der Waals surface area contributed by atoms with E-state index in [-0.39, 0.29) is 23.7 Å². The van der Waals surface area contributed by atoms with E-state index >= 15 is 0 Å². The number of amides is 2. The van der Waals surface area contributed by atoms with Gasteiger partial charge in [0, 0.05) is 39.0 Å². The zero-order chi connectivity index (χ0) is 20.1. The quantitative estimate of drug-likeness (QED) is 0.773. The molecule has 0 aromatic heterocycles. The second-order valence-electron chi connectivity index (χ2n) is 7.29. The topological polar surface area (TPSA) is 49.9 Å². The molecule has 0 radical (unpaired) electrons. The van der Waals surface area contributed by atoms with Crippen molar-refractivity contribution in [1.29, 1.82) is 0 Å². The third-order valence-corrected chi connectivity index (χ3v) is 5.47. The minimum atomic E-state index is -0.277. The summed E-state index contributed by atoms with van der Waals surface area (Å²) in [5.74, 6) is 0.562. The molecule has 148 valence electrons. The maximum Gasteiger partial charge on any atom is 0.228 e. The summed E-state index contributed by atoms with van der Waals surface area (Å²) in [6, 6.07) is 17.7. The van der Waals surface area contributed by atoms with Gasteiger partial charge in [0.1, 0.15) is 5.75 Å². The highest BCUT2D eigenvalue weighted by Gasteiger charge is 2.42. The molecule has 3 rings (SSSR count). The SMILES string of the molecule is CCC(=O)N1C[C@H](C(=O)N(C)Cc2ccccc2)[C@@H](c2ccccc2OC)C1. The van der Waals surface area contributed by atoms with Crippen molar-refractivity contribution in [3.8, 4) is 5.75 Å². The van der Waals surface area contributed by atoms with Crippen molar-refractivity contribution in [3.63, 3.8) is 0 Å². The number of hydrogen-bond donors (Lipinski definition) is 0. The van der Waals surface area contributed by atoms with Gasteiger partial charge in [0.2, 0.25) is 11.8 Å². The summed E-state index contributed by atoms with van der Waals surface area (Å²) in [6.07, 6.45) is 0.444. The second-order valence-corrected chi connectivity index (χ2v) is 7.29. The first-order chi connectivity index (χ1) is 13.5. The van der Waals surface area contributed by atoms with E-state index in [1.54, 1.807) is 12.0 Å². The Morgan fingerprint density at radius 1 is 1.07 bits per heavy atom. The van der Waals surface area contributed by atoms with Gasteiger partial charge in [-0.25, -0.2) is 0 Å². The van der Waals surface area contributed by atoms with E-state index in [0.29, 0.717) is 26.1 Å². The number of carbonyl (C=O) groups is 2. The van der Waals surface area contributed by atoms with Crippen LogP contribution in [-0.2, 0) is 16.1 Å². The van der Waals surface area contributed by atoms with Gasteiger partial charge in [0.05, 0.1) is 13.0 Å². The zero-order valence-corrected chi connectivity index (χ0v) is 16.8. The first-order valence-corrected chi connectivity index (χ1v) is 9.74. The van der Waals surface area contributed by atoms with Gasteiger partial charge < -0.3 is 14.5 Å². The average molecular weight is 380 g/mol. The highest BCUT2D eigenvalue weighted by Crippen LogP contribution is 2.38. The number of rotatable bonds is 6. The number of para-hydroxylation sites is 1. The fraction of sp³-hybridized carbons (Fsp3) is 0.391. The van der Waals surface area contributed by atoms with E-state index in [4.69, 9.17) is 4.74 Å². The van der Waals surface area contributed by atoms with Crippen LogP contribution in [0.25, 0.3) is 0 Å². The molecule has 0 aliphatic carbocycles. The Kier molecular flexibility index (Phi) is 6.34. The molecule has 2 aromatic carbocycles. The number of methoxy groups -OCH3 is 1. The maximum absolute atomic E-state index is 13.3. The molecule has 5 nitrogen and oxygen atoms in total. The standard InChI is InChI=1S/C23H28N2O3/c1-4-22(26)25-15-19(18-12-8-9-13-21(18)28-3)20(16-25)23(27)24(2)14-17-10-6-5-7-11-17/h5-13,19-20H,4,14-16H2,1-3H3/t19-,20+/m1/s1. The Morgan fingerprint density at radius 2 is 1.75 bits per heavy atom. The van der Waals surface area contributed by atoms with Gasteiger partial charge in [-0.05, 0) is 17.2 Å². The smallest absolute Gasteiger partial charge is 0.228 e. The molecule has 2 atom stereocenters. The van der Waals surface area contributed by atoms with E-state index in [0.717, 1.165) is 16.9 Å². The molecule has 0 bridgehead atoms. The molecular weight excluding hydrogens is 352 g/mol. The van der Waals surface area contributed by atoms with Gasteiger partial charge in [-0.3, -0.25) is 9.59 Å². The summed E-state index contributed by atoms with van der Waals surface area (Å²) in [5.41, 5.74) is 2.08. The van der Waals surface area contributed by atoms with Gasteiger partial charge in [0.25, 0.3) is 0 Å². The van der Waals surface area contributed by atoms with Crippen molar-refractivity contribution >= 4 is 11.8 Å². The van der Waals surface area contributed by atoms with Crippen LogP contribution in [0.2, 0.25) is 0 Å². The molecular formula is C23H28N2O3. The first-order valence-electron chi connectivity index (χ1n) is 9.74. The van der Waals surface area contributed by atoms with Crippen LogP contribution >= 0.6 is 0 Å². The normalized spacial score (nSPS) is 18.8. The Balaban J connectivity index is 1.86. The van der Waals surface area contributed by atoms with Crippen molar-refractivity contribution in [2.75, 3.05) is 27.2 Å². The average Bonchev–Trinajstić information content (AvgIpc) is 3.18. The summed E-state index contributed by atoms with van der Waals surface area (Å²) in [4.78, 5) is 29.3. The van der Waals surface area contributed by atoms with E-state index in [9.17, 15) is 9.59 Å². The lowest BCUT2D eigenvalue weighted by molar-refractivity contribution is -0.135. The molecule has 1 aliphatic rings. The predicted octanol–water partition coefficient (Wildman–Crippen LogP) is 3.31. The number of carbonyl (C=O) groups excluding carboxylic acids is 2. The summed E-state index contributed by atoms with van der Waals surface area (Å²) < 4.78 is 5.54. The van der Waals surface area contributed by atoms with E-state index in [2.05, 4.69) is 0 Å². The molecule has 1 fully saturated rings. The van der Waals surface area contributed by atoms with Gasteiger partial charge in [0.15, 0.2) is 0 Å². The minimum absolute atomic E-state index is 0.0613. The second kappa shape index (κ2) is 8.91. The fourth-order valence-corrected chi connectivity index (χ4v) is 3.99. The zero-order valence-electron chi connectivity index (χ0n) is 16.8. The van der Waals surface area contributed by atoms with Crippen LogP contribution < -0.4 is 4.74 Å². The lowest BCUT2D eigenvalue weighted by atomic mass is 9.87. The van der Waals surface area contributed by atoms with Crippen molar-refractivity contribution in [1.82, 2.24) is 9.80 Å². The van der Waals surface area contributed by atoms with Gasteiger partial charge in [-0.15, -0.1) is 0 Å². The number of benzene rings is 2. The summed E-state index contributed by atoms with van der Waals surface area (Å²) in [7, 11) is 3.47. The Labute approximate surface area is 166 Å². The number of ether oxygens (including phenoxy) is 1. The van der Waals surface area contributed by atoms with Crippen LogP contribution in [0.15, 0.2) is 54.6 Å². The summed E-state index contributed by atoms with van der Waals surface area (Å²) in [6.45, 7) is 3.41. The molecule has 0 saturated carbocycles. The van der Waals surface area contributed by atoms with Crippen LogP contribution in [0.4, 0.5) is 0 Å². The minimum Gasteiger partial charge on any atom is -0.496 e. The molecule has 1 aliphatic heterocycles. The lowest BCUT2D eigenvalue weighted by Gasteiger charge is -2.25. The van der Waals surface area contributed by atoms with Crippen LogP contribution in [0.1, 0.15) is 30.4 Å². The fourth-order valence-electron chi connectivity index (χ4n) is 3.99. The van der Waals surface area contributed by atoms with Crippen LogP contribution in [-0.4, -0.2) is 48.9 Å². The van der Waals surface area contributed by atoms with Gasteiger partial charge in [-0.2, -0.15) is 0 Å². The van der Waals surface area contributed by atoms with Crippen LogP contribution in [0, 0.1) is 5.92 Å². The van der Waals surface area contributed by atoms with Gasteiger partial charge >= 0.3 is 0 Å². The Bertz CT molecular complexity index is 822. The first kappa shape index (κ1) is 19.9. The highest BCUT2D eigenvalue weighted by atomic mass is 16.5. The molecule has 5 heteroatoms. The van der Waals surface area contributed by atoms with Crippen LogP contribution in [0.3, 0.4) is 0 Å². The molecule has 28 heavy (non-hydrogen) atoms. The molecule has 1 heterocycles. The predicted molar refractivity (Wildman–Crippen MR) is 109 cm³/mol. The Morgan fingerprint density at radius 3 is 2.43 bits per heavy atom. The third kappa shape index (κ3) is 4.19. The van der Waals surface area contributed by atoms with Crippen LogP contribution in [0.5, 0.6) is 5.75 Å². The Hall–Kier alpha value is -2.82. The van der Waals surface area contributed by atoms with Crippen molar-refractivity contribution in [2.45, 2.75) is 25.8 Å². The largest absolute Gasteiger partial charge is 0.496 e. The monoisotopic (exact) mass is 380 g/mol. The number of nitrogens with zero attached hydrogens (tertiary/aromatic N) is 2. The molecule has 2 amide bonds. The van der Waals surface area contributed by atoms with Gasteiger partial charge in [-0.1, -0.05) is 55.5 Å². The van der Waals surface area contributed by atoms with Crippen molar-refractivity contribution in [3.05, 3.63) is 65.7 Å². The molecule has 2 aromatic rings. The molecule has 0 spiro atoms. The maximum atomic E-state index is 13.3. The van der Waals surface area contributed by atoms with E-state index in [1.165, 1.54) is 0 Å². The lowest BCUT2D eigenvalue weighted by Crippen LogP contribution is -2.36. The van der Waals surface area contributed by atoms with Crippen molar-refractivity contribution in [2.24, 2.45) is 5.92 Å². The molecule has 0 N–H and O–H groups in total. The summed E-state index contributed by atoms with van der Waals surface area (Å²) >= 11 is 0. The molecule has 0 unspecified atom stereocenters. The highest BCUT2D eigenvalue weighted by molar-refractivity contribution is 5.83.